The van der Waals surface area contributed by atoms with Gasteiger partial charge in [0, 0.05) is 27.2 Å². The fraction of sp³-hybridized carbons (Fsp3) is 0.308. The Bertz CT molecular complexity index is 493. The summed E-state index contributed by atoms with van der Waals surface area (Å²) < 4.78 is 42.8. The first-order chi connectivity index (χ1) is 8.70. The minimum atomic E-state index is -4.44. The van der Waals surface area contributed by atoms with Crippen LogP contribution < -0.4 is 4.74 Å². The smallest absolute Gasteiger partial charge is 0.416 e. The molecule has 1 aromatic carbocycles. The molecule has 1 rings (SSSR count). The Morgan fingerprint density at radius 1 is 1.32 bits per heavy atom. The van der Waals surface area contributed by atoms with Gasteiger partial charge >= 0.3 is 6.18 Å². The van der Waals surface area contributed by atoms with E-state index in [-0.39, 0.29) is 17.3 Å². The number of hydrogen-bond donors (Lipinski definition) is 0. The zero-order chi connectivity index (χ0) is 14.6. The predicted molar refractivity (Wildman–Crippen MR) is 64.5 cm³/mol. The normalized spacial score (nSPS) is 12.2. The van der Waals surface area contributed by atoms with E-state index in [0.29, 0.717) is 0 Å². The molecule has 0 radical (unpaired) electrons. The van der Waals surface area contributed by atoms with E-state index in [1.807, 2.05) is 0 Å². The van der Waals surface area contributed by atoms with Gasteiger partial charge in [0.2, 0.25) is 0 Å². The largest absolute Gasteiger partial charge is 0.452 e. The molecule has 0 atom stereocenters. The van der Waals surface area contributed by atoms with E-state index in [2.05, 4.69) is 0 Å². The maximum Gasteiger partial charge on any atom is 0.416 e. The summed E-state index contributed by atoms with van der Waals surface area (Å²) in [6, 6.07) is 4.38. The van der Waals surface area contributed by atoms with Crippen LogP contribution in [0.3, 0.4) is 0 Å². The molecule has 0 fully saturated rings. The minimum Gasteiger partial charge on any atom is -0.452 e. The SMILES string of the molecule is CC(=O)C(=CN(C)C)Oc1cccc(C(F)(F)F)c1. The monoisotopic (exact) mass is 273 g/mol. The molecule has 19 heavy (non-hydrogen) atoms. The van der Waals surface area contributed by atoms with Crippen molar-refractivity contribution in [2.24, 2.45) is 0 Å². The fourth-order valence-electron chi connectivity index (χ4n) is 1.29. The molecule has 0 heterocycles. The number of benzene rings is 1. The van der Waals surface area contributed by atoms with Crippen LogP contribution in [-0.4, -0.2) is 24.8 Å². The van der Waals surface area contributed by atoms with Gasteiger partial charge in [-0.2, -0.15) is 13.2 Å². The molecule has 0 aromatic heterocycles. The van der Waals surface area contributed by atoms with Gasteiger partial charge in [0.1, 0.15) is 5.75 Å². The van der Waals surface area contributed by atoms with Crippen molar-refractivity contribution in [3.05, 3.63) is 41.8 Å². The molecule has 0 N–H and O–H groups in total. The van der Waals surface area contributed by atoms with Gasteiger partial charge in [-0.15, -0.1) is 0 Å². The summed E-state index contributed by atoms with van der Waals surface area (Å²) >= 11 is 0. The van der Waals surface area contributed by atoms with Crippen LogP contribution in [0.15, 0.2) is 36.2 Å². The third kappa shape index (κ3) is 4.65. The molecule has 6 heteroatoms. The first kappa shape index (κ1) is 15.1. The van der Waals surface area contributed by atoms with Gasteiger partial charge < -0.3 is 9.64 Å². The summed E-state index contributed by atoms with van der Waals surface area (Å²) in [5.74, 6) is -0.423. The molecule has 0 aliphatic rings. The number of ether oxygens (including phenoxy) is 1. The summed E-state index contributed by atoms with van der Waals surface area (Å²) in [4.78, 5) is 12.9. The number of carbonyl (C=O) groups excluding carboxylic acids is 1. The Labute approximate surface area is 109 Å². The molecule has 1 aromatic rings. The van der Waals surface area contributed by atoms with Crippen LogP contribution >= 0.6 is 0 Å². The zero-order valence-electron chi connectivity index (χ0n) is 10.8. The Balaban J connectivity index is 3.02. The number of ketones is 1. The molecule has 0 saturated heterocycles. The third-order valence-corrected chi connectivity index (χ3v) is 2.11. The van der Waals surface area contributed by atoms with E-state index in [1.54, 1.807) is 19.0 Å². The molecule has 0 amide bonds. The molecule has 0 aliphatic heterocycles. The first-order valence-electron chi connectivity index (χ1n) is 5.44. The summed E-state index contributed by atoms with van der Waals surface area (Å²) in [5, 5.41) is 0. The average molecular weight is 273 g/mol. The predicted octanol–water partition coefficient (Wildman–Crippen LogP) is 3.08. The highest BCUT2D eigenvalue weighted by atomic mass is 19.4. The number of allylic oxidation sites excluding steroid dienone is 1. The van der Waals surface area contributed by atoms with Crippen molar-refractivity contribution in [2.75, 3.05) is 14.1 Å². The van der Waals surface area contributed by atoms with E-state index < -0.39 is 11.7 Å². The Morgan fingerprint density at radius 3 is 2.42 bits per heavy atom. The second-order valence-corrected chi connectivity index (χ2v) is 4.14. The van der Waals surface area contributed by atoms with E-state index in [4.69, 9.17) is 4.74 Å². The van der Waals surface area contributed by atoms with Crippen LogP contribution in [0.25, 0.3) is 0 Å². The molecule has 104 valence electrons. The lowest BCUT2D eigenvalue weighted by molar-refractivity contribution is -0.137. The lowest BCUT2D eigenvalue weighted by atomic mass is 10.2. The maximum absolute atomic E-state index is 12.5. The molecular weight excluding hydrogens is 259 g/mol. The maximum atomic E-state index is 12.5. The number of nitrogens with zero attached hydrogens (tertiary/aromatic N) is 1. The number of halogens is 3. The highest BCUT2D eigenvalue weighted by Gasteiger charge is 2.30. The van der Waals surface area contributed by atoms with E-state index in [1.165, 1.54) is 25.3 Å². The second kappa shape index (κ2) is 5.77. The van der Waals surface area contributed by atoms with Gasteiger partial charge in [-0.1, -0.05) is 6.07 Å². The van der Waals surface area contributed by atoms with Gasteiger partial charge in [-0.3, -0.25) is 4.79 Å². The van der Waals surface area contributed by atoms with Crippen molar-refractivity contribution >= 4 is 5.78 Å². The average Bonchev–Trinajstić information content (AvgIpc) is 2.26. The highest BCUT2D eigenvalue weighted by molar-refractivity contribution is 5.91. The summed E-state index contributed by atoms with van der Waals surface area (Å²) in [5.41, 5.74) is -0.822. The van der Waals surface area contributed by atoms with Crippen LogP contribution in [-0.2, 0) is 11.0 Å². The van der Waals surface area contributed by atoms with Crippen LogP contribution in [0.2, 0.25) is 0 Å². The van der Waals surface area contributed by atoms with Crippen LogP contribution in [0.5, 0.6) is 5.75 Å². The van der Waals surface area contributed by atoms with E-state index in [0.717, 1.165) is 12.1 Å². The van der Waals surface area contributed by atoms with Gasteiger partial charge in [0.15, 0.2) is 11.5 Å². The molecule has 0 spiro atoms. The number of alkyl halides is 3. The van der Waals surface area contributed by atoms with Crippen molar-refractivity contribution in [2.45, 2.75) is 13.1 Å². The van der Waals surface area contributed by atoms with Crippen LogP contribution in [0.4, 0.5) is 13.2 Å². The molecule has 0 aliphatic carbocycles. The van der Waals surface area contributed by atoms with Crippen LogP contribution in [0, 0.1) is 0 Å². The number of hydrogen-bond acceptors (Lipinski definition) is 3. The fourth-order valence-corrected chi connectivity index (χ4v) is 1.29. The van der Waals surface area contributed by atoms with Crippen LogP contribution in [0.1, 0.15) is 12.5 Å². The molecule has 3 nitrogen and oxygen atoms in total. The van der Waals surface area contributed by atoms with Crippen molar-refractivity contribution in [1.82, 2.24) is 4.90 Å². The first-order valence-corrected chi connectivity index (χ1v) is 5.44. The van der Waals surface area contributed by atoms with Crippen molar-refractivity contribution in [3.8, 4) is 5.75 Å². The van der Waals surface area contributed by atoms with Crippen molar-refractivity contribution in [1.29, 1.82) is 0 Å². The van der Waals surface area contributed by atoms with Gasteiger partial charge in [0.05, 0.1) is 5.56 Å². The summed E-state index contributed by atoms with van der Waals surface area (Å²) in [6.07, 6.45) is -3.04. The summed E-state index contributed by atoms with van der Waals surface area (Å²) in [6.45, 7) is 1.28. The Morgan fingerprint density at radius 2 is 1.95 bits per heavy atom. The number of carbonyl (C=O) groups is 1. The lowest BCUT2D eigenvalue weighted by Crippen LogP contribution is -2.12. The zero-order valence-corrected chi connectivity index (χ0v) is 10.8. The van der Waals surface area contributed by atoms with Crippen molar-refractivity contribution in [3.63, 3.8) is 0 Å². The topological polar surface area (TPSA) is 29.5 Å². The highest BCUT2D eigenvalue weighted by Crippen LogP contribution is 2.31. The quantitative estimate of drug-likeness (QED) is 0.623. The lowest BCUT2D eigenvalue weighted by Gasteiger charge is -2.13. The molecular formula is C13H14F3NO2. The third-order valence-electron chi connectivity index (χ3n) is 2.11. The molecule has 0 bridgehead atoms. The molecule has 0 saturated carbocycles. The summed E-state index contributed by atoms with van der Waals surface area (Å²) in [7, 11) is 3.36. The van der Waals surface area contributed by atoms with E-state index in [9.17, 15) is 18.0 Å². The number of rotatable bonds is 4. The van der Waals surface area contributed by atoms with Crippen molar-refractivity contribution < 1.29 is 22.7 Å². The second-order valence-electron chi connectivity index (χ2n) is 4.14. The van der Waals surface area contributed by atoms with Gasteiger partial charge in [-0.05, 0) is 18.2 Å². The van der Waals surface area contributed by atoms with Gasteiger partial charge in [-0.25, -0.2) is 0 Å². The Kier molecular flexibility index (Phi) is 4.58. The Hall–Kier alpha value is -1.98. The van der Waals surface area contributed by atoms with E-state index >= 15 is 0 Å². The molecule has 0 unspecified atom stereocenters. The standard InChI is InChI=1S/C13H14F3NO2/c1-9(18)12(8-17(2)3)19-11-6-4-5-10(7-11)13(14,15)16/h4-8H,1-3H3. The minimum absolute atomic E-state index is 0.0238. The number of Topliss-reactive ketones (excluding diaryl/α,β-unsaturated/α-hetero) is 1. The van der Waals surface area contributed by atoms with Gasteiger partial charge in [0.25, 0.3) is 0 Å².